The zero-order valence-corrected chi connectivity index (χ0v) is 7.02. The molecule has 1 aliphatic carbocycles. The summed E-state index contributed by atoms with van der Waals surface area (Å²) in [6, 6.07) is 0. The molecule has 60 valence electrons. The molecule has 0 spiro atoms. The van der Waals surface area contributed by atoms with E-state index in [1.54, 1.807) is 7.11 Å². The van der Waals surface area contributed by atoms with Gasteiger partial charge >= 0.3 is 0 Å². The molecule has 1 rings (SSSR count). The van der Waals surface area contributed by atoms with Gasteiger partial charge in [-0.1, -0.05) is 19.2 Å². The van der Waals surface area contributed by atoms with Crippen LogP contribution in [-0.4, -0.2) is 7.11 Å². The average molecular weight is 150 g/mol. The van der Waals surface area contributed by atoms with Crippen LogP contribution in [0.2, 0.25) is 0 Å². The molecular weight excluding hydrogens is 136 g/mol. The second kappa shape index (κ2) is 3.42. The van der Waals surface area contributed by atoms with Gasteiger partial charge < -0.3 is 4.74 Å². The Hall–Kier alpha value is -0.980. The monoisotopic (exact) mass is 150 g/mol. The van der Waals surface area contributed by atoms with Crippen LogP contribution in [0.4, 0.5) is 0 Å². The smallest absolute Gasteiger partial charge is 0.115 e. The van der Waals surface area contributed by atoms with E-state index in [4.69, 9.17) is 4.74 Å². The molecule has 0 aromatic heterocycles. The SMILES string of the molecule is C=CC1=C(C(=C)OC)CCC1. The first-order chi connectivity index (χ1) is 5.29. The summed E-state index contributed by atoms with van der Waals surface area (Å²) in [6.45, 7) is 7.58. The minimum atomic E-state index is 0.803. The lowest BCUT2D eigenvalue weighted by Gasteiger charge is -2.05. The highest BCUT2D eigenvalue weighted by atomic mass is 16.5. The predicted molar refractivity (Wildman–Crippen MR) is 47.2 cm³/mol. The topological polar surface area (TPSA) is 9.23 Å². The van der Waals surface area contributed by atoms with E-state index < -0.39 is 0 Å². The van der Waals surface area contributed by atoms with Crippen molar-refractivity contribution in [2.24, 2.45) is 0 Å². The Morgan fingerprint density at radius 1 is 1.55 bits per heavy atom. The molecule has 0 saturated heterocycles. The third-order valence-electron chi connectivity index (χ3n) is 2.09. The predicted octanol–water partition coefficient (Wildman–Crippen LogP) is 2.81. The second-order valence-corrected chi connectivity index (χ2v) is 2.69. The molecule has 0 heterocycles. The fourth-order valence-electron chi connectivity index (χ4n) is 1.43. The van der Waals surface area contributed by atoms with Gasteiger partial charge in [0.25, 0.3) is 0 Å². The molecule has 0 aromatic rings. The molecule has 0 bridgehead atoms. The van der Waals surface area contributed by atoms with Crippen LogP contribution in [0.1, 0.15) is 19.3 Å². The lowest BCUT2D eigenvalue weighted by Crippen LogP contribution is -1.89. The van der Waals surface area contributed by atoms with Gasteiger partial charge in [-0.3, -0.25) is 0 Å². The van der Waals surface area contributed by atoms with Gasteiger partial charge in [0.2, 0.25) is 0 Å². The Morgan fingerprint density at radius 3 is 2.82 bits per heavy atom. The summed E-state index contributed by atoms with van der Waals surface area (Å²) in [4.78, 5) is 0. The molecule has 0 fully saturated rings. The normalized spacial score (nSPS) is 16.8. The van der Waals surface area contributed by atoms with Crippen LogP contribution in [0.25, 0.3) is 0 Å². The second-order valence-electron chi connectivity index (χ2n) is 2.69. The van der Waals surface area contributed by atoms with E-state index in [9.17, 15) is 0 Å². The summed E-state index contributed by atoms with van der Waals surface area (Å²) >= 11 is 0. The molecule has 0 aromatic carbocycles. The molecular formula is C10H14O. The summed E-state index contributed by atoms with van der Waals surface area (Å²) in [5.41, 5.74) is 2.55. The molecule has 0 aliphatic heterocycles. The maximum Gasteiger partial charge on any atom is 0.115 e. The van der Waals surface area contributed by atoms with Gasteiger partial charge in [-0.25, -0.2) is 0 Å². The largest absolute Gasteiger partial charge is 0.497 e. The molecule has 0 atom stereocenters. The summed E-state index contributed by atoms with van der Waals surface area (Å²) < 4.78 is 5.07. The number of ether oxygens (including phenoxy) is 1. The number of rotatable bonds is 3. The van der Waals surface area contributed by atoms with E-state index in [0.717, 1.165) is 18.6 Å². The van der Waals surface area contributed by atoms with E-state index >= 15 is 0 Å². The van der Waals surface area contributed by atoms with Crippen molar-refractivity contribution in [3.05, 3.63) is 36.1 Å². The third-order valence-corrected chi connectivity index (χ3v) is 2.09. The zero-order valence-electron chi connectivity index (χ0n) is 7.02. The number of allylic oxidation sites excluding steroid dienone is 3. The van der Waals surface area contributed by atoms with Crippen molar-refractivity contribution < 1.29 is 4.74 Å². The molecule has 0 N–H and O–H groups in total. The van der Waals surface area contributed by atoms with Crippen LogP contribution in [-0.2, 0) is 4.74 Å². The Kier molecular flexibility index (Phi) is 2.53. The Bertz CT molecular complexity index is 211. The summed E-state index contributed by atoms with van der Waals surface area (Å²) in [5.74, 6) is 0.803. The lowest BCUT2D eigenvalue weighted by molar-refractivity contribution is 0.301. The van der Waals surface area contributed by atoms with Crippen molar-refractivity contribution >= 4 is 0 Å². The summed E-state index contributed by atoms with van der Waals surface area (Å²) in [7, 11) is 1.66. The average Bonchev–Trinajstić information content (AvgIpc) is 2.50. The zero-order chi connectivity index (χ0) is 8.27. The van der Waals surface area contributed by atoms with Gasteiger partial charge in [0.15, 0.2) is 0 Å². The van der Waals surface area contributed by atoms with Crippen molar-refractivity contribution in [3.8, 4) is 0 Å². The van der Waals surface area contributed by atoms with Crippen LogP contribution in [0.5, 0.6) is 0 Å². The third kappa shape index (κ3) is 1.53. The molecule has 0 radical (unpaired) electrons. The van der Waals surface area contributed by atoms with Crippen molar-refractivity contribution in [2.75, 3.05) is 7.11 Å². The van der Waals surface area contributed by atoms with Gasteiger partial charge in [-0.2, -0.15) is 0 Å². The van der Waals surface area contributed by atoms with Crippen LogP contribution < -0.4 is 0 Å². The van der Waals surface area contributed by atoms with E-state index in [-0.39, 0.29) is 0 Å². The summed E-state index contributed by atoms with van der Waals surface area (Å²) in [5, 5.41) is 0. The van der Waals surface area contributed by atoms with Gasteiger partial charge in [0, 0.05) is 0 Å². The maximum absolute atomic E-state index is 5.07. The van der Waals surface area contributed by atoms with Crippen molar-refractivity contribution in [1.82, 2.24) is 0 Å². The molecule has 1 heteroatoms. The minimum absolute atomic E-state index is 0.803. The van der Waals surface area contributed by atoms with Gasteiger partial charge in [-0.05, 0) is 30.4 Å². The van der Waals surface area contributed by atoms with E-state index in [1.807, 2.05) is 6.08 Å². The lowest BCUT2D eigenvalue weighted by atomic mass is 10.1. The minimum Gasteiger partial charge on any atom is -0.497 e. The Morgan fingerprint density at radius 2 is 2.27 bits per heavy atom. The first-order valence-corrected chi connectivity index (χ1v) is 3.87. The highest BCUT2D eigenvalue weighted by molar-refractivity contribution is 5.38. The van der Waals surface area contributed by atoms with E-state index in [1.165, 1.54) is 17.6 Å². The number of methoxy groups -OCH3 is 1. The molecule has 0 saturated carbocycles. The van der Waals surface area contributed by atoms with E-state index in [0.29, 0.717) is 0 Å². The fraction of sp³-hybridized carbons (Fsp3) is 0.400. The van der Waals surface area contributed by atoms with Crippen molar-refractivity contribution in [2.45, 2.75) is 19.3 Å². The molecule has 11 heavy (non-hydrogen) atoms. The van der Waals surface area contributed by atoms with Crippen LogP contribution in [0.3, 0.4) is 0 Å². The highest BCUT2D eigenvalue weighted by Crippen LogP contribution is 2.31. The molecule has 0 amide bonds. The number of hydrogen-bond acceptors (Lipinski definition) is 1. The maximum atomic E-state index is 5.07. The summed E-state index contributed by atoms with van der Waals surface area (Å²) in [6.07, 6.45) is 5.33. The fourth-order valence-corrected chi connectivity index (χ4v) is 1.43. The van der Waals surface area contributed by atoms with Gasteiger partial charge in [-0.15, -0.1) is 0 Å². The molecule has 1 aliphatic rings. The Balaban J connectivity index is 2.82. The molecule has 1 nitrogen and oxygen atoms in total. The van der Waals surface area contributed by atoms with Crippen LogP contribution in [0, 0.1) is 0 Å². The first-order valence-electron chi connectivity index (χ1n) is 3.87. The van der Waals surface area contributed by atoms with Gasteiger partial charge in [0.1, 0.15) is 5.76 Å². The van der Waals surface area contributed by atoms with E-state index in [2.05, 4.69) is 13.2 Å². The standard InChI is InChI=1S/C10H14O/c1-4-9-6-5-7-10(9)8(2)11-3/h4H,1-2,5-7H2,3H3. The van der Waals surface area contributed by atoms with Crippen LogP contribution >= 0.6 is 0 Å². The van der Waals surface area contributed by atoms with Crippen LogP contribution in [0.15, 0.2) is 36.1 Å². The number of hydrogen-bond donors (Lipinski definition) is 0. The van der Waals surface area contributed by atoms with Gasteiger partial charge in [0.05, 0.1) is 7.11 Å². The van der Waals surface area contributed by atoms with Crippen molar-refractivity contribution in [3.63, 3.8) is 0 Å². The molecule has 0 unspecified atom stereocenters. The quantitative estimate of drug-likeness (QED) is 0.562. The first kappa shape index (κ1) is 8.12. The Labute approximate surface area is 68.1 Å². The highest BCUT2D eigenvalue weighted by Gasteiger charge is 2.14. The van der Waals surface area contributed by atoms with Crippen molar-refractivity contribution in [1.29, 1.82) is 0 Å².